The lowest BCUT2D eigenvalue weighted by Crippen LogP contribution is -2.50. The minimum atomic E-state index is -0.170. The van der Waals surface area contributed by atoms with Gasteiger partial charge < -0.3 is 21.3 Å². The van der Waals surface area contributed by atoms with Crippen molar-refractivity contribution in [3.8, 4) is 0 Å². The molecule has 0 saturated carbocycles. The van der Waals surface area contributed by atoms with E-state index in [2.05, 4.69) is 14.7 Å². The summed E-state index contributed by atoms with van der Waals surface area (Å²) >= 11 is 0. The first-order chi connectivity index (χ1) is 15.1. The van der Waals surface area contributed by atoms with Gasteiger partial charge in [-0.05, 0) is 43.6 Å². The van der Waals surface area contributed by atoms with E-state index in [0.717, 1.165) is 57.9 Å². The molecule has 4 rings (SSSR count). The first-order valence-corrected chi connectivity index (χ1v) is 11.6. The van der Waals surface area contributed by atoms with Crippen molar-refractivity contribution in [1.29, 1.82) is 0 Å². The third-order valence-corrected chi connectivity index (χ3v) is 6.77. The van der Waals surface area contributed by atoms with Crippen molar-refractivity contribution in [2.24, 2.45) is 5.92 Å². The predicted molar refractivity (Wildman–Crippen MR) is 141 cm³/mol. The molecule has 2 aromatic rings. The van der Waals surface area contributed by atoms with Crippen molar-refractivity contribution in [1.82, 2.24) is 14.7 Å². The number of piperazine rings is 1. The molecule has 0 amide bonds. The number of benzene rings is 2. The Bertz CT molecular complexity index is 845. The lowest BCUT2D eigenvalue weighted by molar-refractivity contribution is 0.0769. The number of likely N-dealkylation sites (tertiary alicyclic amines) is 1. The third-order valence-electron chi connectivity index (χ3n) is 6.77. The van der Waals surface area contributed by atoms with Gasteiger partial charge in [0.25, 0.3) is 0 Å². The number of carbonyl (C=O) groups excluding carboxylic acids is 1. The molecule has 0 spiro atoms. The van der Waals surface area contributed by atoms with E-state index in [1.54, 1.807) is 12.1 Å². The summed E-state index contributed by atoms with van der Waals surface area (Å²) in [6.45, 7) is 10.1. The molecule has 2 atom stereocenters. The van der Waals surface area contributed by atoms with Crippen LogP contribution in [-0.2, 0) is 0 Å². The largest absolute Gasteiger partial charge is 0.412 e. The molecule has 0 bridgehead atoms. The van der Waals surface area contributed by atoms with Gasteiger partial charge in [0.2, 0.25) is 0 Å². The number of hydrogen-bond donors (Lipinski definition) is 0. The minimum Gasteiger partial charge on any atom is -0.412 e. The van der Waals surface area contributed by atoms with E-state index in [9.17, 15) is 9.18 Å². The van der Waals surface area contributed by atoms with Gasteiger partial charge in [-0.2, -0.15) is 0 Å². The van der Waals surface area contributed by atoms with Crippen molar-refractivity contribution in [3.05, 3.63) is 71.5 Å². The van der Waals surface area contributed by atoms with Gasteiger partial charge in [0.15, 0.2) is 5.78 Å². The van der Waals surface area contributed by atoms with E-state index in [4.69, 9.17) is 0 Å². The molecule has 0 aromatic heterocycles. The van der Waals surface area contributed by atoms with E-state index >= 15 is 0 Å². The summed E-state index contributed by atoms with van der Waals surface area (Å²) in [4.78, 5) is 20.2. The van der Waals surface area contributed by atoms with E-state index in [1.165, 1.54) is 18.4 Å². The number of carbonyl (C=O) groups is 1. The first kappa shape index (κ1) is 33.1. The molecule has 0 radical (unpaired) electrons. The normalized spacial score (nSPS) is 18.2. The van der Waals surface area contributed by atoms with E-state index in [-0.39, 0.29) is 46.4 Å². The topological polar surface area (TPSA) is 121 Å². The Morgan fingerprint density at radius 2 is 1.31 bits per heavy atom. The van der Waals surface area contributed by atoms with Crippen molar-refractivity contribution in [3.63, 3.8) is 0 Å². The number of hydrogen-bond acceptors (Lipinski definition) is 4. The Hall–Kier alpha value is -1.91. The summed E-state index contributed by atoms with van der Waals surface area (Å²) in [7, 11) is 0. The molecule has 2 fully saturated rings. The van der Waals surface area contributed by atoms with Crippen molar-refractivity contribution in [2.75, 3.05) is 52.4 Å². The molecule has 35 heavy (non-hydrogen) atoms. The lowest BCUT2D eigenvalue weighted by atomic mass is 9.98. The number of rotatable bonds is 8. The summed E-state index contributed by atoms with van der Waals surface area (Å²) in [6, 6.07) is 17.0. The molecule has 7 nitrogen and oxygen atoms in total. The number of nitrogens with zero attached hydrogens (tertiary/aromatic N) is 3. The van der Waals surface area contributed by atoms with Crippen LogP contribution in [0.3, 0.4) is 0 Å². The highest BCUT2D eigenvalue weighted by atomic mass is 35.5. The van der Waals surface area contributed by atoms with Crippen molar-refractivity contribution < 1.29 is 25.6 Å². The monoisotopic (exact) mass is 513 g/mol. The van der Waals surface area contributed by atoms with Crippen molar-refractivity contribution >= 4 is 18.2 Å². The molecule has 2 aromatic carbocycles. The van der Waals surface area contributed by atoms with Crippen LogP contribution in [-0.4, -0.2) is 89.3 Å². The molecule has 2 aliphatic heterocycles. The second-order valence-corrected chi connectivity index (χ2v) is 9.04. The molecule has 198 valence electrons. The van der Waals surface area contributed by atoms with Crippen LogP contribution in [0, 0.1) is 11.7 Å². The number of Topliss-reactive ketones (excluding diaryl/α,β-unsaturated/α-hetero) is 1. The van der Waals surface area contributed by atoms with E-state index < -0.39 is 0 Å². The molecular weight excluding hydrogens is 473 g/mol. The molecule has 2 aliphatic rings. The van der Waals surface area contributed by atoms with Gasteiger partial charge in [0, 0.05) is 56.8 Å². The molecule has 2 heterocycles. The Morgan fingerprint density at radius 1 is 0.800 bits per heavy atom. The van der Waals surface area contributed by atoms with Gasteiger partial charge in [0.1, 0.15) is 5.82 Å². The summed E-state index contributed by atoms with van der Waals surface area (Å²) in [6.07, 6.45) is 2.50. The van der Waals surface area contributed by atoms with Gasteiger partial charge in [0.05, 0.1) is 0 Å². The maximum absolute atomic E-state index is 13.4. The Labute approximate surface area is 214 Å². The number of halogens is 2. The molecule has 9 heteroatoms. The van der Waals surface area contributed by atoms with Crippen LogP contribution in [0.25, 0.3) is 0 Å². The van der Waals surface area contributed by atoms with Crippen LogP contribution >= 0.6 is 12.4 Å². The Balaban J connectivity index is 0.00000289. The first-order valence-electron chi connectivity index (χ1n) is 11.6. The maximum atomic E-state index is 13.4. The fraction of sp³-hybridized carbons (Fsp3) is 0.500. The lowest BCUT2D eigenvalue weighted by Gasteiger charge is -2.39. The van der Waals surface area contributed by atoms with E-state index in [0.29, 0.717) is 6.04 Å². The molecule has 0 aliphatic carbocycles. The fourth-order valence-corrected chi connectivity index (χ4v) is 4.93. The van der Waals surface area contributed by atoms with Gasteiger partial charge in [-0.15, -0.1) is 12.4 Å². The van der Waals surface area contributed by atoms with Crippen LogP contribution in [0.2, 0.25) is 0 Å². The summed E-state index contributed by atoms with van der Waals surface area (Å²) in [5.41, 5.74) is 2.02. The van der Waals surface area contributed by atoms with Crippen LogP contribution in [0.4, 0.5) is 4.39 Å². The van der Waals surface area contributed by atoms with Crippen LogP contribution in [0.1, 0.15) is 41.7 Å². The Kier molecular flexibility index (Phi) is 15.1. The average Bonchev–Trinajstić information content (AvgIpc) is 3.34. The second kappa shape index (κ2) is 16.0. The van der Waals surface area contributed by atoms with E-state index in [1.807, 2.05) is 49.4 Å². The van der Waals surface area contributed by atoms with Crippen LogP contribution < -0.4 is 0 Å². The van der Waals surface area contributed by atoms with Gasteiger partial charge in [-0.3, -0.25) is 14.6 Å². The van der Waals surface area contributed by atoms with Gasteiger partial charge in [-0.1, -0.05) is 49.4 Å². The van der Waals surface area contributed by atoms with Gasteiger partial charge in [-0.25, -0.2) is 4.39 Å². The van der Waals surface area contributed by atoms with Crippen LogP contribution in [0.15, 0.2) is 54.6 Å². The molecule has 2 unspecified atom stereocenters. The average molecular weight is 514 g/mol. The quantitative estimate of drug-likeness (QED) is 0.501. The highest BCUT2D eigenvalue weighted by Crippen LogP contribution is 2.27. The molecule has 2 saturated heterocycles. The smallest absolute Gasteiger partial charge is 0.166 e. The second-order valence-electron chi connectivity index (χ2n) is 9.04. The summed E-state index contributed by atoms with van der Waals surface area (Å²) < 4.78 is 13.4. The zero-order valence-corrected chi connectivity index (χ0v) is 21.3. The maximum Gasteiger partial charge on any atom is 0.166 e. The summed E-state index contributed by atoms with van der Waals surface area (Å²) in [5.74, 6) is 0.0654. The fourth-order valence-electron chi connectivity index (χ4n) is 4.93. The molecular formula is C26H41ClFN3O4. The van der Waals surface area contributed by atoms with Crippen molar-refractivity contribution in [2.45, 2.75) is 25.8 Å². The Morgan fingerprint density at radius 3 is 1.86 bits per heavy atom. The highest BCUT2D eigenvalue weighted by Gasteiger charge is 2.28. The third kappa shape index (κ3) is 8.91. The van der Waals surface area contributed by atoms with Crippen LogP contribution in [0.5, 0.6) is 0 Å². The summed E-state index contributed by atoms with van der Waals surface area (Å²) in [5, 5.41) is 0. The zero-order valence-electron chi connectivity index (χ0n) is 20.5. The predicted octanol–water partition coefficient (Wildman–Crippen LogP) is 2.05. The minimum absolute atomic E-state index is 0. The SMILES string of the molecule is CC(CN1CCN(CC(c2ccc(F)cc2)N2CCCC2)CC1)C(=O)c1ccccc1.Cl.O.O.O. The zero-order chi connectivity index (χ0) is 21.6. The molecule has 6 N–H and O–H groups in total. The number of ketones is 1. The van der Waals surface area contributed by atoms with Gasteiger partial charge >= 0.3 is 0 Å². The standard InChI is InChI=1S/C26H34FN3O.ClH.3H2O/c1-21(26(31)23-7-3-2-4-8-23)19-28-15-17-29(18-16-28)20-25(30-13-5-6-14-30)22-9-11-24(27)12-10-22;;;;/h2-4,7-12,21,25H,5-6,13-20H2,1H3;1H;3*1H2. The highest BCUT2D eigenvalue weighted by molar-refractivity contribution is 5.97.